The summed E-state index contributed by atoms with van der Waals surface area (Å²) >= 11 is 0. The largest absolute Gasteiger partial charge is 0.472 e. The fourth-order valence-corrected chi connectivity index (χ4v) is 6.36. The molecule has 1 unspecified atom stereocenters. The number of quaternary nitrogens is 1. The zero-order chi connectivity index (χ0) is 41.2. The molecular formula is C43H80N2O9P+. The molecular weight excluding hydrogens is 719 g/mol. The lowest BCUT2D eigenvalue weighted by Crippen LogP contribution is -2.46. The molecule has 0 rings (SSSR count). The van der Waals surface area contributed by atoms with Crippen LogP contribution >= 0.6 is 7.82 Å². The van der Waals surface area contributed by atoms with Crippen molar-refractivity contribution in [3.63, 3.8) is 0 Å². The van der Waals surface area contributed by atoms with Crippen molar-refractivity contribution in [3.8, 4) is 0 Å². The van der Waals surface area contributed by atoms with Gasteiger partial charge >= 0.3 is 7.82 Å². The lowest BCUT2D eigenvalue weighted by molar-refractivity contribution is -0.870. The summed E-state index contributed by atoms with van der Waals surface area (Å²) in [5.74, 6) is -0.400. The SMILES string of the molecule is CC/C=C\C[C@H](O)/C=C/C=C/C=C\C=C/[C@@H](O)[C@H](O)CCCC(=O)N[C@@H](COP(=O)(O)OCC[N+](C)(C)C)[C@H](O)CCCCCCCCCCCCCCC. The van der Waals surface area contributed by atoms with E-state index in [1.165, 1.54) is 63.9 Å². The van der Waals surface area contributed by atoms with E-state index in [4.69, 9.17) is 9.05 Å². The summed E-state index contributed by atoms with van der Waals surface area (Å²) in [5.41, 5.74) is 0. The Morgan fingerprint density at radius 3 is 1.78 bits per heavy atom. The average molecular weight is 800 g/mol. The van der Waals surface area contributed by atoms with Crippen LogP contribution in [-0.4, -0.2) is 107 Å². The summed E-state index contributed by atoms with van der Waals surface area (Å²) < 4.78 is 23.4. The highest BCUT2D eigenvalue weighted by atomic mass is 31.2. The Labute approximate surface area is 334 Å². The Balaban J connectivity index is 4.80. The number of hydrogen-bond acceptors (Lipinski definition) is 8. The van der Waals surface area contributed by atoms with E-state index in [2.05, 4.69) is 12.2 Å². The van der Waals surface area contributed by atoms with E-state index in [1.807, 2.05) is 40.2 Å². The van der Waals surface area contributed by atoms with Crippen molar-refractivity contribution in [2.24, 2.45) is 0 Å². The van der Waals surface area contributed by atoms with Gasteiger partial charge in [0.2, 0.25) is 5.91 Å². The van der Waals surface area contributed by atoms with Crippen LogP contribution in [0.2, 0.25) is 0 Å². The molecule has 11 nitrogen and oxygen atoms in total. The zero-order valence-corrected chi connectivity index (χ0v) is 35.9. The predicted molar refractivity (Wildman–Crippen MR) is 225 cm³/mol. The standard InChI is InChI=1S/C43H79N2O9P/c1-6-8-10-11-12-13-14-15-16-17-18-22-26-31-40(47)39(37-54-55(51,52)53-36-35-45(3,4)5)44-43(50)34-28-33-42(49)41(48)32-27-23-20-19-21-25-30-38(46)29-24-9-7-2/h9,19-21,23-25,27,30,32,38-42,46-49H,6-8,10-18,22,26,28-29,31,33-37H2,1-5H3,(H-,44,50,51,52)/p+1/b21-19+,23-20-,24-9-,30-25+,32-27-/t38-,39-,40+,41+,42+/m0/s1. The minimum atomic E-state index is -4.41. The zero-order valence-electron chi connectivity index (χ0n) is 35.0. The number of nitrogens with one attached hydrogen (secondary N) is 1. The maximum atomic E-state index is 12.9. The molecule has 0 aromatic heterocycles. The Kier molecular flexibility index (Phi) is 33.0. The van der Waals surface area contributed by atoms with Gasteiger partial charge in [0.25, 0.3) is 0 Å². The van der Waals surface area contributed by atoms with Crippen molar-refractivity contribution in [3.05, 3.63) is 60.8 Å². The molecule has 0 aromatic rings. The molecule has 0 radical (unpaired) electrons. The van der Waals surface area contributed by atoms with E-state index in [0.717, 1.165) is 32.1 Å². The van der Waals surface area contributed by atoms with Gasteiger partial charge in [0, 0.05) is 6.42 Å². The molecule has 12 heteroatoms. The Bertz CT molecular complexity index is 1140. The highest BCUT2D eigenvalue weighted by Crippen LogP contribution is 2.43. The molecule has 0 aromatic carbocycles. The van der Waals surface area contributed by atoms with Crippen LogP contribution in [0.25, 0.3) is 0 Å². The molecule has 6 N–H and O–H groups in total. The molecule has 1 amide bonds. The van der Waals surface area contributed by atoms with Gasteiger partial charge in [0.05, 0.1) is 58.2 Å². The second-order valence-electron chi connectivity index (χ2n) is 15.6. The second kappa shape index (κ2) is 34.1. The Hall–Kier alpha value is -1.92. The smallest absolute Gasteiger partial charge is 0.391 e. The normalized spacial score (nSPS) is 16.8. The third kappa shape index (κ3) is 35.0. The third-order valence-corrected chi connectivity index (χ3v) is 10.1. The molecule has 0 aliphatic rings. The first-order valence-electron chi connectivity index (χ1n) is 21.0. The van der Waals surface area contributed by atoms with E-state index in [0.29, 0.717) is 23.9 Å². The van der Waals surface area contributed by atoms with E-state index in [-0.39, 0.29) is 25.9 Å². The van der Waals surface area contributed by atoms with Crippen molar-refractivity contribution >= 4 is 13.7 Å². The predicted octanol–water partition coefficient (Wildman–Crippen LogP) is 7.99. The van der Waals surface area contributed by atoms with E-state index in [9.17, 15) is 34.7 Å². The highest BCUT2D eigenvalue weighted by molar-refractivity contribution is 7.47. The molecule has 0 fully saturated rings. The molecule has 0 bridgehead atoms. The second-order valence-corrected chi connectivity index (χ2v) is 17.0. The summed E-state index contributed by atoms with van der Waals surface area (Å²) in [6.45, 7) is 4.38. The van der Waals surface area contributed by atoms with Gasteiger partial charge in [-0.3, -0.25) is 13.8 Å². The lowest BCUT2D eigenvalue weighted by Gasteiger charge is -2.26. The van der Waals surface area contributed by atoms with Crippen LogP contribution in [0.3, 0.4) is 0 Å². The highest BCUT2D eigenvalue weighted by Gasteiger charge is 2.28. The van der Waals surface area contributed by atoms with Crippen LogP contribution in [0.15, 0.2) is 60.8 Å². The number of carbonyl (C=O) groups excluding carboxylic acids is 1. The summed E-state index contributed by atoms with van der Waals surface area (Å²) in [6, 6.07) is -0.921. The van der Waals surface area contributed by atoms with Gasteiger partial charge < -0.3 is 35.1 Å². The van der Waals surface area contributed by atoms with Crippen molar-refractivity contribution in [2.45, 2.75) is 166 Å². The Morgan fingerprint density at radius 2 is 1.22 bits per heavy atom. The van der Waals surface area contributed by atoms with Crippen molar-refractivity contribution in [1.82, 2.24) is 5.32 Å². The number of nitrogens with zero attached hydrogens (tertiary/aromatic N) is 1. The number of amides is 1. The molecule has 320 valence electrons. The number of unbranched alkanes of at least 4 members (excludes halogenated alkanes) is 12. The maximum Gasteiger partial charge on any atom is 0.472 e. The van der Waals surface area contributed by atoms with Crippen LogP contribution < -0.4 is 5.32 Å². The van der Waals surface area contributed by atoms with Gasteiger partial charge in [-0.25, -0.2) is 4.57 Å². The number of aliphatic hydroxyl groups excluding tert-OH is 4. The minimum absolute atomic E-state index is 0.00745. The molecule has 0 aliphatic carbocycles. The third-order valence-electron chi connectivity index (χ3n) is 9.12. The minimum Gasteiger partial charge on any atom is -0.391 e. The van der Waals surface area contributed by atoms with Gasteiger partial charge in [-0.15, -0.1) is 0 Å². The van der Waals surface area contributed by atoms with Crippen LogP contribution in [0.1, 0.15) is 136 Å². The van der Waals surface area contributed by atoms with Gasteiger partial charge in [-0.05, 0) is 32.1 Å². The first-order chi connectivity index (χ1) is 26.2. The lowest BCUT2D eigenvalue weighted by atomic mass is 10.0. The van der Waals surface area contributed by atoms with Crippen molar-refractivity contribution < 1.29 is 48.2 Å². The van der Waals surface area contributed by atoms with Crippen molar-refractivity contribution in [2.75, 3.05) is 40.9 Å². The van der Waals surface area contributed by atoms with Gasteiger partial charge in [-0.1, -0.05) is 158 Å². The van der Waals surface area contributed by atoms with Crippen LogP contribution in [0.4, 0.5) is 0 Å². The van der Waals surface area contributed by atoms with Crippen LogP contribution in [-0.2, 0) is 18.4 Å². The average Bonchev–Trinajstić information content (AvgIpc) is 3.12. The topological polar surface area (TPSA) is 166 Å². The number of allylic oxidation sites excluding steroid dienone is 7. The number of carbonyl (C=O) groups is 1. The summed E-state index contributed by atoms with van der Waals surface area (Å²) in [7, 11) is 1.39. The molecule has 55 heavy (non-hydrogen) atoms. The van der Waals surface area contributed by atoms with E-state index < -0.39 is 50.8 Å². The molecule has 0 spiro atoms. The summed E-state index contributed by atoms with van der Waals surface area (Å²) in [4.78, 5) is 23.1. The first kappa shape index (κ1) is 53.1. The number of hydrogen-bond donors (Lipinski definition) is 6. The van der Waals surface area contributed by atoms with Gasteiger partial charge in [0.15, 0.2) is 0 Å². The van der Waals surface area contributed by atoms with Gasteiger partial charge in [0.1, 0.15) is 13.2 Å². The number of aliphatic hydroxyl groups is 4. The summed E-state index contributed by atoms with van der Waals surface area (Å²) in [6.07, 6.45) is 31.8. The first-order valence-corrected chi connectivity index (χ1v) is 22.5. The Morgan fingerprint density at radius 1 is 0.691 bits per heavy atom. The monoisotopic (exact) mass is 800 g/mol. The number of rotatable bonds is 36. The quantitative estimate of drug-likeness (QED) is 0.0121. The van der Waals surface area contributed by atoms with E-state index in [1.54, 1.807) is 42.5 Å². The maximum absolute atomic E-state index is 12.9. The fourth-order valence-electron chi connectivity index (χ4n) is 5.62. The molecule has 6 atom stereocenters. The number of phosphoric acid groups is 1. The molecule has 0 heterocycles. The molecule has 0 saturated carbocycles. The van der Waals surface area contributed by atoms with Crippen molar-refractivity contribution in [1.29, 1.82) is 0 Å². The van der Waals surface area contributed by atoms with Crippen LogP contribution in [0, 0.1) is 0 Å². The molecule has 0 aliphatic heterocycles. The number of likely N-dealkylation sites (N-methyl/N-ethyl adjacent to an activating group) is 1. The fraction of sp³-hybridized carbons (Fsp3) is 0.744. The number of phosphoric ester groups is 1. The summed E-state index contributed by atoms with van der Waals surface area (Å²) in [5, 5.41) is 44.3. The van der Waals surface area contributed by atoms with Gasteiger partial charge in [-0.2, -0.15) is 0 Å². The molecule has 0 saturated heterocycles. The van der Waals surface area contributed by atoms with Crippen LogP contribution in [0.5, 0.6) is 0 Å². The van der Waals surface area contributed by atoms with E-state index >= 15 is 0 Å².